The van der Waals surface area contributed by atoms with Crippen molar-refractivity contribution in [3.8, 4) is 28.5 Å². The SMILES string of the molecule is CC1(C)c2ccccc2N(c2cccc(-c3ccc(-c4cccc(C#N)n4)cc3)c2)c2ccccc21. The summed E-state index contributed by atoms with van der Waals surface area (Å²) in [6, 6.07) is 42.2. The molecular formula is C33H25N3. The molecule has 0 radical (unpaired) electrons. The third-order valence-electron chi connectivity index (χ3n) is 7.12. The zero-order valence-electron chi connectivity index (χ0n) is 20.3. The molecule has 1 aliphatic rings. The molecule has 0 aliphatic carbocycles. The van der Waals surface area contributed by atoms with Crippen LogP contribution in [0.2, 0.25) is 0 Å². The Balaban J connectivity index is 1.42. The van der Waals surface area contributed by atoms with E-state index in [2.05, 4.69) is 127 Å². The van der Waals surface area contributed by atoms with Crippen molar-refractivity contribution in [2.45, 2.75) is 19.3 Å². The molecule has 1 aliphatic heterocycles. The van der Waals surface area contributed by atoms with Crippen molar-refractivity contribution < 1.29 is 0 Å². The lowest BCUT2D eigenvalue weighted by Gasteiger charge is -2.42. The van der Waals surface area contributed by atoms with Crippen LogP contribution in [0, 0.1) is 11.3 Å². The average Bonchev–Trinajstić information content (AvgIpc) is 2.94. The molecule has 0 spiro atoms. The monoisotopic (exact) mass is 463 g/mol. The fraction of sp³-hybridized carbons (Fsp3) is 0.0909. The zero-order chi connectivity index (χ0) is 24.7. The zero-order valence-corrected chi connectivity index (χ0v) is 20.3. The Bertz CT molecular complexity index is 1570. The molecule has 3 nitrogen and oxygen atoms in total. The van der Waals surface area contributed by atoms with Gasteiger partial charge in [0, 0.05) is 16.7 Å². The average molecular weight is 464 g/mol. The van der Waals surface area contributed by atoms with Crippen LogP contribution in [0.15, 0.2) is 115 Å². The van der Waals surface area contributed by atoms with Gasteiger partial charge in [-0.3, -0.25) is 0 Å². The fourth-order valence-electron chi connectivity index (χ4n) is 5.26. The van der Waals surface area contributed by atoms with Gasteiger partial charge in [0.25, 0.3) is 0 Å². The minimum atomic E-state index is -0.0754. The van der Waals surface area contributed by atoms with Crippen molar-refractivity contribution >= 4 is 17.1 Å². The van der Waals surface area contributed by atoms with Gasteiger partial charge in [0.2, 0.25) is 0 Å². The highest BCUT2D eigenvalue weighted by atomic mass is 15.2. The van der Waals surface area contributed by atoms with Gasteiger partial charge in [-0.05, 0) is 58.7 Å². The van der Waals surface area contributed by atoms with Crippen molar-refractivity contribution in [1.82, 2.24) is 4.98 Å². The molecule has 0 amide bonds. The van der Waals surface area contributed by atoms with Crippen LogP contribution >= 0.6 is 0 Å². The Kier molecular flexibility index (Phi) is 5.16. The number of nitrogens with zero attached hydrogens (tertiary/aromatic N) is 3. The standard InChI is InChI=1S/C33H25N3/c1-33(2)28-12-3-5-15-31(28)36(32-16-6-4-13-29(32)33)27-11-7-9-25(21-27)23-17-19-24(20-18-23)30-14-8-10-26(22-34)35-30/h3-21H,1-2H3. The second kappa shape index (κ2) is 8.52. The highest BCUT2D eigenvalue weighted by Gasteiger charge is 2.36. The minimum Gasteiger partial charge on any atom is -0.310 e. The molecule has 0 saturated carbocycles. The first-order chi connectivity index (χ1) is 17.6. The summed E-state index contributed by atoms with van der Waals surface area (Å²) < 4.78 is 0. The molecule has 0 N–H and O–H groups in total. The van der Waals surface area contributed by atoms with Crippen LogP contribution in [-0.2, 0) is 5.41 Å². The molecule has 0 bridgehead atoms. The van der Waals surface area contributed by atoms with Crippen LogP contribution in [-0.4, -0.2) is 4.98 Å². The van der Waals surface area contributed by atoms with Crippen molar-refractivity contribution in [3.05, 3.63) is 132 Å². The van der Waals surface area contributed by atoms with E-state index < -0.39 is 0 Å². The number of benzene rings is 4. The van der Waals surface area contributed by atoms with Crippen LogP contribution in [0.3, 0.4) is 0 Å². The van der Waals surface area contributed by atoms with Crippen LogP contribution in [0.5, 0.6) is 0 Å². The predicted molar refractivity (Wildman–Crippen MR) is 147 cm³/mol. The summed E-state index contributed by atoms with van der Waals surface area (Å²) in [5.74, 6) is 0. The molecule has 0 fully saturated rings. The Morgan fingerprint density at radius 3 is 1.92 bits per heavy atom. The van der Waals surface area contributed by atoms with Crippen molar-refractivity contribution in [3.63, 3.8) is 0 Å². The number of rotatable bonds is 3. The lowest BCUT2D eigenvalue weighted by molar-refractivity contribution is 0.632. The molecule has 36 heavy (non-hydrogen) atoms. The number of anilines is 3. The first-order valence-electron chi connectivity index (χ1n) is 12.1. The van der Waals surface area contributed by atoms with Gasteiger partial charge in [0.15, 0.2) is 0 Å². The summed E-state index contributed by atoms with van der Waals surface area (Å²) in [7, 11) is 0. The molecule has 6 rings (SSSR count). The molecule has 0 atom stereocenters. The summed E-state index contributed by atoms with van der Waals surface area (Å²) in [5, 5.41) is 9.17. The lowest BCUT2D eigenvalue weighted by atomic mass is 9.73. The Morgan fingerprint density at radius 2 is 1.25 bits per heavy atom. The number of nitriles is 1. The maximum Gasteiger partial charge on any atom is 0.141 e. The number of fused-ring (bicyclic) bond motifs is 2. The van der Waals surface area contributed by atoms with Gasteiger partial charge >= 0.3 is 0 Å². The van der Waals surface area contributed by atoms with E-state index in [0.29, 0.717) is 5.69 Å². The molecular weight excluding hydrogens is 438 g/mol. The van der Waals surface area contributed by atoms with Crippen LogP contribution in [0.25, 0.3) is 22.4 Å². The highest BCUT2D eigenvalue weighted by molar-refractivity contribution is 5.87. The lowest BCUT2D eigenvalue weighted by Crippen LogP contribution is -2.30. The van der Waals surface area contributed by atoms with Gasteiger partial charge < -0.3 is 4.90 Å². The van der Waals surface area contributed by atoms with E-state index in [9.17, 15) is 0 Å². The molecule has 0 unspecified atom stereocenters. The van der Waals surface area contributed by atoms with E-state index in [1.807, 2.05) is 12.1 Å². The third-order valence-corrected chi connectivity index (χ3v) is 7.12. The van der Waals surface area contributed by atoms with Gasteiger partial charge in [-0.25, -0.2) is 4.98 Å². The first kappa shape index (κ1) is 21.8. The van der Waals surface area contributed by atoms with Crippen molar-refractivity contribution in [1.29, 1.82) is 5.26 Å². The molecule has 2 heterocycles. The number of aromatic nitrogens is 1. The summed E-state index contributed by atoms with van der Waals surface area (Å²) >= 11 is 0. The van der Waals surface area contributed by atoms with Crippen molar-refractivity contribution in [2.24, 2.45) is 0 Å². The maximum atomic E-state index is 9.17. The quantitative estimate of drug-likeness (QED) is 0.270. The van der Waals surface area contributed by atoms with Crippen molar-refractivity contribution in [2.75, 3.05) is 4.90 Å². The van der Waals surface area contributed by atoms with Gasteiger partial charge in [-0.15, -0.1) is 0 Å². The number of hydrogen-bond acceptors (Lipinski definition) is 3. The van der Waals surface area contributed by atoms with Crippen LogP contribution in [0.4, 0.5) is 17.1 Å². The summed E-state index contributed by atoms with van der Waals surface area (Å²) in [6.45, 7) is 4.61. The first-order valence-corrected chi connectivity index (χ1v) is 12.1. The summed E-state index contributed by atoms with van der Waals surface area (Å²) in [5.41, 5.74) is 10.7. The molecule has 3 heteroatoms. The largest absolute Gasteiger partial charge is 0.310 e. The normalized spacial score (nSPS) is 13.4. The van der Waals surface area contributed by atoms with Gasteiger partial charge in [-0.2, -0.15) is 5.26 Å². The molecule has 5 aromatic rings. The summed E-state index contributed by atoms with van der Waals surface area (Å²) in [6.07, 6.45) is 0. The number of pyridine rings is 1. The van der Waals surface area contributed by atoms with E-state index in [1.54, 1.807) is 6.07 Å². The maximum absolute atomic E-state index is 9.17. The van der Waals surface area contributed by atoms with E-state index in [-0.39, 0.29) is 5.41 Å². The highest BCUT2D eigenvalue weighted by Crippen LogP contribution is 2.51. The molecule has 4 aromatic carbocycles. The van der Waals surface area contributed by atoms with E-state index in [1.165, 1.54) is 22.5 Å². The Morgan fingerprint density at radius 1 is 0.639 bits per heavy atom. The number of para-hydroxylation sites is 2. The fourth-order valence-corrected chi connectivity index (χ4v) is 5.26. The Labute approximate surface area is 211 Å². The molecule has 172 valence electrons. The third kappa shape index (κ3) is 3.56. The van der Waals surface area contributed by atoms with E-state index >= 15 is 0 Å². The van der Waals surface area contributed by atoms with Gasteiger partial charge in [0.1, 0.15) is 11.8 Å². The Hall–Kier alpha value is -4.68. The second-order valence-corrected chi connectivity index (χ2v) is 9.64. The smallest absolute Gasteiger partial charge is 0.141 e. The van der Waals surface area contributed by atoms with E-state index in [4.69, 9.17) is 5.26 Å². The van der Waals surface area contributed by atoms with Gasteiger partial charge in [0.05, 0.1) is 17.1 Å². The van der Waals surface area contributed by atoms with E-state index in [0.717, 1.165) is 28.1 Å². The second-order valence-electron chi connectivity index (χ2n) is 9.64. The predicted octanol–water partition coefficient (Wildman–Crippen LogP) is 8.40. The van der Waals surface area contributed by atoms with Crippen LogP contribution in [0.1, 0.15) is 30.7 Å². The molecule has 1 aromatic heterocycles. The molecule has 0 saturated heterocycles. The van der Waals surface area contributed by atoms with Gasteiger partial charge in [-0.1, -0.05) is 92.7 Å². The van der Waals surface area contributed by atoms with Crippen LogP contribution < -0.4 is 4.90 Å². The summed E-state index contributed by atoms with van der Waals surface area (Å²) in [4.78, 5) is 6.81. The number of hydrogen-bond donors (Lipinski definition) is 0. The topological polar surface area (TPSA) is 39.9 Å². The minimum absolute atomic E-state index is 0.0754.